The lowest BCUT2D eigenvalue weighted by atomic mass is 9.86. The lowest BCUT2D eigenvalue weighted by Gasteiger charge is -2.18. The second kappa shape index (κ2) is 11.0. The van der Waals surface area contributed by atoms with E-state index >= 15 is 0 Å². The molecule has 0 spiro atoms. The number of rotatable bonds is 4. The van der Waals surface area contributed by atoms with Gasteiger partial charge in [0, 0.05) is 11.7 Å². The van der Waals surface area contributed by atoms with Gasteiger partial charge in [0.05, 0.1) is 0 Å². The van der Waals surface area contributed by atoms with Crippen molar-refractivity contribution in [2.75, 3.05) is 0 Å². The standard InChI is InChI=1S/C26H20.C8H7N/c1-5-13-21(14-6-1)25(22-15-7-2-8-16-22)26(23-17-9-3-10-18-23)24-19-11-4-12-20-24;1-2-4-8-7(3-1)5-6-9-8/h1-20H;1-6,9H. The summed E-state index contributed by atoms with van der Waals surface area (Å²) < 4.78 is 0. The smallest absolute Gasteiger partial charge is 0.0453 e. The predicted molar refractivity (Wildman–Crippen MR) is 149 cm³/mol. The Morgan fingerprint density at radius 2 is 0.686 bits per heavy atom. The molecule has 0 saturated heterocycles. The van der Waals surface area contributed by atoms with Crippen molar-refractivity contribution in [3.8, 4) is 0 Å². The first kappa shape index (κ1) is 22.2. The zero-order valence-corrected chi connectivity index (χ0v) is 19.5. The fourth-order valence-electron chi connectivity index (χ4n) is 4.32. The fourth-order valence-corrected chi connectivity index (χ4v) is 4.32. The first-order valence-corrected chi connectivity index (χ1v) is 11.9. The van der Waals surface area contributed by atoms with Crippen LogP contribution in [0.15, 0.2) is 158 Å². The van der Waals surface area contributed by atoms with E-state index in [2.05, 4.69) is 145 Å². The number of aromatic amines is 1. The Balaban J connectivity index is 0.000000234. The molecule has 0 saturated carbocycles. The van der Waals surface area contributed by atoms with Crippen LogP contribution in [0.1, 0.15) is 22.3 Å². The Morgan fingerprint density at radius 3 is 1.06 bits per heavy atom. The number of H-pyrrole nitrogens is 1. The first-order chi connectivity index (χ1) is 17.4. The van der Waals surface area contributed by atoms with Gasteiger partial charge in [0.25, 0.3) is 0 Å². The molecule has 0 unspecified atom stereocenters. The van der Waals surface area contributed by atoms with Crippen LogP contribution in [0.3, 0.4) is 0 Å². The van der Waals surface area contributed by atoms with Gasteiger partial charge in [-0.3, -0.25) is 0 Å². The average Bonchev–Trinajstić information content (AvgIpc) is 3.43. The summed E-state index contributed by atoms with van der Waals surface area (Å²) in [4.78, 5) is 3.12. The predicted octanol–water partition coefficient (Wildman–Crippen LogP) is 8.86. The van der Waals surface area contributed by atoms with E-state index in [1.165, 1.54) is 44.3 Å². The van der Waals surface area contributed by atoms with Crippen molar-refractivity contribution in [3.63, 3.8) is 0 Å². The second-order valence-electron chi connectivity index (χ2n) is 8.28. The summed E-state index contributed by atoms with van der Waals surface area (Å²) in [6.45, 7) is 0. The number of hydrogen-bond donors (Lipinski definition) is 1. The molecule has 0 fully saturated rings. The van der Waals surface area contributed by atoms with E-state index < -0.39 is 0 Å². The molecule has 6 aromatic rings. The van der Waals surface area contributed by atoms with E-state index in [0.29, 0.717) is 0 Å². The van der Waals surface area contributed by atoms with Crippen LogP contribution in [0.2, 0.25) is 0 Å². The molecular weight excluding hydrogens is 422 g/mol. The van der Waals surface area contributed by atoms with Crippen LogP contribution in [0.25, 0.3) is 22.0 Å². The van der Waals surface area contributed by atoms with E-state index in [9.17, 15) is 0 Å². The van der Waals surface area contributed by atoms with Crippen molar-refractivity contribution in [1.29, 1.82) is 0 Å². The lowest BCUT2D eigenvalue weighted by molar-refractivity contribution is 1.48. The molecule has 5 aromatic carbocycles. The van der Waals surface area contributed by atoms with Gasteiger partial charge >= 0.3 is 0 Å². The van der Waals surface area contributed by atoms with Crippen LogP contribution in [-0.2, 0) is 0 Å². The van der Waals surface area contributed by atoms with Crippen molar-refractivity contribution >= 4 is 22.0 Å². The minimum Gasteiger partial charge on any atom is -0.361 e. The molecule has 0 aliphatic carbocycles. The molecule has 1 N–H and O–H groups in total. The van der Waals surface area contributed by atoms with Gasteiger partial charge in [-0.15, -0.1) is 0 Å². The molecule has 0 bridgehead atoms. The van der Waals surface area contributed by atoms with Crippen LogP contribution < -0.4 is 0 Å². The maximum atomic E-state index is 3.12. The molecule has 1 heterocycles. The van der Waals surface area contributed by atoms with Crippen molar-refractivity contribution in [2.24, 2.45) is 0 Å². The molecule has 35 heavy (non-hydrogen) atoms. The van der Waals surface area contributed by atoms with E-state index in [1.54, 1.807) is 0 Å². The van der Waals surface area contributed by atoms with Gasteiger partial charge in [-0.05, 0) is 50.9 Å². The van der Waals surface area contributed by atoms with Crippen molar-refractivity contribution in [2.45, 2.75) is 0 Å². The molecule has 0 aliphatic heterocycles. The highest BCUT2D eigenvalue weighted by atomic mass is 14.7. The quantitative estimate of drug-likeness (QED) is 0.259. The van der Waals surface area contributed by atoms with Gasteiger partial charge in [-0.25, -0.2) is 0 Å². The Kier molecular flexibility index (Phi) is 6.97. The zero-order valence-electron chi connectivity index (χ0n) is 19.5. The summed E-state index contributed by atoms with van der Waals surface area (Å²) in [5.74, 6) is 0. The molecule has 6 rings (SSSR count). The van der Waals surface area contributed by atoms with Crippen LogP contribution >= 0.6 is 0 Å². The molecule has 1 heteroatoms. The first-order valence-electron chi connectivity index (χ1n) is 11.9. The van der Waals surface area contributed by atoms with Crippen LogP contribution in [-0.4, -0.2) is 4.98 Å². The Hall–Kier alpha value is -4.62. The highest BCUT2D eigenvalue weighted by Crippen LogP contribution is 2.36. The number of fused-ring (bicyclic) bond motifs is 1. The van der Waals surface area contributed by atoms with Gasteiger partial charge in [0.1, 0.15) is 0 Å². The average molecular weight is 450 g/mol. The summed E-state index contributed by atoms with van der Waals surface area (Å²) in [5.41, 5.74) is 8.61. The van der Waals surface area contributed by atoms with Crippen LogP contribution in [0.4, 0.5) is 0 Å². The SMILES string of the molecule is c1ccc(C(=C(c2ccccc2)c2ccccc2)c2ccccc2)cc1.c1ccc2[nH]ccc2c1. The summed E-state index contributed by atoms with van der Waals surface area (Å²) in [5, 5.41) is 1.28. The lowest BCUT2D eigenvalue weighted by Crippen LogP contribution is -1.97. The molecule has 0 atom stereocenters. The Morgan fingerprint density at radius 1 is 0.343 bits per heavy atom. The number of benzene rings is 5. The van der Waals surface area contributed by atoms with Gasteiger partial charge in [-0.2, -0.15) is 0 Å². The number of para-hydroxylation sites is 1. The molecule has 0 amide bonds. The van der Waals surface area contributed by atoms with E-state index in [4.69, 9.17) is 0 Å². The third kappa shape index (κ3) is 5.31. The second-order valence-corrected chi connectivity index (χ2v) is 8.28. The van der Waals surface area contributed by atoms with Crippen molar-refractivity contribution in [1.82, 2.24) is 4.98 Å². The van der Waals surface area contributed by atoms with Crippen molar-refractivity contribution < 1.29 is 0 Å². The fraction of sp³-hybridized carbons (Fsp3) is 0. The number of nitrogens with one attached hydrogen (secondary N) is 1. The summed E-state index contributed by atoms with van der Waals surface area (Å²) in [6.07, 6.45) is 1.95. The van der Waals surface area contributed by atoms with Crippen LogP contribution in [0.5, 0.6) is 0 Å². The monoisotopic (exact) mass is 449 g/mol. The maximum Gasteiger partial charge on any atom is 0.0453 e. The van der Waals surface area contributed by atoms with Gasteiger partial charge in [0.15, 0.2) is 0 Å². The summed E-state index contributed by atoms with van der Waals surface area (Å²) >= 11 is 0. The third-order valence-corrected chi connectivity index (χ3v) is 5.96. The van der Waals surface area contributed by atoms with Crippen LogP contribution in [0, 0.1) is 0 Å². The highest BCUT2D eigenvalue weighted by Gasteiger charge is 2.15. The third-order valence-electron chi connectivity index (χ3n) is 5.96. The van der Waals surface area contributed by atoms with Crippen molar-refractivity contribution in [3.05, 3.63) is 180 Å². The largest absolute Gasteiger partial charge is 0.361 e. The minimum atomic E-state index is 1.21. The minimum absolute atomic E-state index is 1.21. The van der Waals surface area contributed by atoms with E-state index in [-0.39, 0.29) is 0 Å². The summed E-state index contributed by atoms with van der Waals surface area (Å²) in [7, 11) is 0. The van der Waals surface area contributed by atoms with Gasteiger partial charge in [0.2, 0.25) is 0 Å². The molecule has 1 nitrogen and oxygen atoms in total. The molecule has 0 radical (unpaired) electrons. The normalized spacial score (nSPS) is 10.3. The topological polar surface area (TPSA) is 15.8 Å². The Labute approximate surface area is 207 Å². The maximum absolute atomic E-state index is 3.12. The van der Waals surface area contributed by atoms with E-state index in [1.807, 2.05) is 18.3 Å². The molecule has 0 aliphatic rings. The number of hydrogen-bond acceptors (Lipinski definition) is 0. The Bertz CT molecular complexity index is 1300. The molecule has 168 valence electrons. The molecule has 1 aromatic heterocycles. The molecular formula is C34H27N. The van der Waals surface area contributed by atoms with Gasteiger partial charge < -0.3 is 4.98 Å². The van der Waals surface area contributed by atoms with E-state index in [0.717, 1.165) is 0 Å². The highest BCUT2D eigenvalue weighted by molar-refractivity contribution is 6.04. The zero-order chi connectivity index (χ0) is 23.7. The van der Waals surface area contributed by atoms with Gasteiger partial charge in [-0.1, -0.05) is 140 Å². The number of aromatic nitrogens is 1. The summed E-state index contributed by atoms with van der Waals surface area (Å²) in [6, 6.07) is 52.9.